The molecular weight excluding hydrogens is 432 g/mol. The smallest absolute Gasteiger partial charge is 0.000708 e. The maximum atomic E-state index is 2.57. The van der Waals surface area contributed by atoms with Crippen LogP contribution in [-0.4, -0.2) is 0 Å². The molecular formula is C36H26. The maximum Gasteiger partial charge on any atom is -0.000708 e. The molecule has 0 aromatic heterocycles. The minimum Gasteiger partial charge on any atom is -0.0619 e. The molecule has 0 radical (unpaired) electrons. The second-order valence-corrected chi connectivity index (χ2v) is 11.4. The zero-order chi connectivity index (χ0) is 23.7. The fourth-order valence-corrected chi connectivity index (χ4v) is 8.05. The van der Waals surface area contributed by atoms with E-state index in [-0.39, 0.29) is 0 Å². The van der Waals surface area contributed by atoms with Gasteiger partial charge in [0, 0.05) is 0 Å². The Kier molecular flexibility index (Phi) is 3.46. The van der Waals surface area contributed by atoms with Gasteiger partial charge < -0.3 is 0 Å². The van der Waals surface area contributed by atoms with Crippen LogP contribution in [0.3, 0.4) is 0 Å². The predicted octanol–water partition coefficient (Wildman–Crippen LogP) is 8.59. The third kappa shape index (κ3) is 2.26. The van der Waals surface area contributed by atoms with Gasteiger partial charge in [0.2, 0.25) is 0 Å². The number of benzene rings is 5. The van der Waals surface area contributed by atoms with Gasteiger partial charge in [-0.25, -0.2) is 0 Å². The van der Waals surface area contributed by atoms with Crippen molar-refractivity contribution in [3.63, 3.8) is 0 Å². The van der Waals surface area contributed by atoms with Crippen molar-refractivity contribution < 1.29 is 0 Å². The quantitative estimate of drug-likeness (QED) is 0.213. The highest BCUT2D eigenvalue weighted by atomic mass is 14.4. The first-order valence-electron chi connectivity index (χ1n) is 13.3. The molecule has 0 spiro atoms. The van der Waals surface area contributed by atoms with Gasteiger partial charge in [0.15, 0.2) is 0 Å². The minimum atomic E-state index is 1.06. The maximum absolute atomic E-state index is 2.57. The summed E-state index contributed by atoms with van der Waals surface area (Å²) in [5, 5.41) is 0. The lowest BCUT2D eigenvalue weighted by molar-refractivity contribution is 1.22. The van der Waals surface area contributed by atoms with E-state index in [1.54, 1.807) is 11.1 Å². The zero-order valence-corrected chi connectivity index (χ0v) is 20.8. The van der Waals surface area contributed by atoms with Crippen LogP contribution in [0.25, 0.3) is 44.5 Å². The molecule has 0 nitrogen and oxygen atoms in total. The first kappa shape index (κ1) is 19.3. The van der Waals surface area contributed by atoms with E-state index in [0.29, 0.717) is 0 Å². The van der Waals surface area contributed by atoms with Crippen LogP contribution in [0.2, 0.25) is 0 Å². The molecule has 170 valence electrons. The Morgan fingerprint density at radius 3 is 1.31 bits per heavy atom. The molecule has 5 aromatic carbocycles. The first-order chi connectivity index (χ1) is 17.7. The largest absolute Gasteiger partial charge is 0.0619 e. The number of aryl methyl sites for hydroxylation is 2. The molecule has 9 rings (SSSR count). The van der Waals surface area contributed by atoms with Crippen molar-refractivity contribution in [3.8, 4) is 44.5 Å². The van der Waals surface area contributed by atoms with Crippen LogP contribution in [-0.2, 0) is 25.7 Å². The number of hydrogen-bond acceptors (Lipinski definition) is 0. The fourth-order valence-electron chi connectivity index (χ4n) is 8.05. The Balaban J connectivity index is 1.25. The summed E-state index contributed by atoms with van der Waals surface area (Å²) >= 11 is 0. The normalized spacial score (nSPS) is 14.5. The second-order valence-electron chi connectivity index (χ2n) is 11.4. The van der Waals surface area contributed by atoms with Gasteiger partial charge in [0.1, 0.15) is 0 Å². The van der Waals surface area contributed by atoms with E-state index in [4.69, 9.17) is 0 Å². The molecule has 4 aliphatic rings. The van der Waals surface area contributed by atoms with Crippen LogP contribution >= 0.6 is 0 Å². The highest BCUT2D eigenvalue weighted by Crippen LogP contribution is 2.53. The Bertz CT molecular complexity index is 1710. The van der Waals surface area contributed by atoms with Gasteiger partial charge in [-0.05, 0) is 152 Å². The third-order valence-electron chi connectivity index (χ3n) is 9.36. The molecule has 0 aliphatic heterocycles. The van der Waals surface area contributed by atoms with Crippen LogP contribution in [0.15, 0.2) is 72.8 Å². The highest BCUT2D eigenvalue weighted by molar-refractivity contribution is 5.96. The van der Waals surface area contributed by atoms with Gasteiger partial charge in [-0.2, -0.15) is 0 Å². The molecule has 0 heterocycles. The molecule has 4 aliphatic carbocycles. The van der Waals surface area contributed by atoms with Gasteiger partial charge in [-0.15, -0.1) is 0 Å². The van der Waals surface area contributed by atoms with E-state index in [1.165, 1.54) is 89.0 Å². The SMILES string of the molecule is Cc1cc2c(c3c1-c1ccccc1C3)-c1cc3c(cc1C2)-c1c(cc(C)c2c1Cc1ccccc1-2)C3. The Morgan fingerprint density at radius 1 is 0.389 bits per heavy atom. The topological polar surface area (TPSA) is 0 Å². The molecule has 0 amide bonds. The fraction of sp³-hybridized carbons (Fsp3) is 0.167. The Labute approximate surface area is 212 Å². The molecule has 0 saturated carbocycles. The monoisotopic (exact) mass is 458 g/mol. The van der Waals surface area contributed by atoms with Crippen molar-refractivity contribution in [3.05, 3.63) is 128 Å². The highest BCUT2D eigenvalue weighted by Gasteiger charge is 2.34. The summed E-state index contributed by atoms with van der Waals surface area (Å²) in [4.78, 5) is 0. The van der Waals surface area contributed by atoms with Crippen molar-refractivity contribution in [1.82, 2.24) is 0 Å². The lowest BCUT2D eigenvalue weighted by atomic mass is 9.90. The molecule has 0 bridgehead atoms. The van der Waals surface area contributed by atoms with Crippen LogP contribution < -0.4 is 0 Å². The second kappa shape index (κ2) is 6.45. The van der Waals surface area contributed by atoms with Crippen LogP contribution in [0, 0.1) is 13.8 Å². The number of hydrogen-bond donors (Lipinski definition) is 0. The Hall–Kier alpha value is -3.90. The van der Waals surface area contributed by atoms with E-state index >= 15 is 0 Å². The van der Waals surface area contributed by atoms with Crippen molar-refractivity contribution in [2.45, 2.75) is 39.5 Å². The average Bonchev–Trinajstić information content (AvgIpc) is 3.61. The van der Waals surface area contributed by atoms with Crippen molar-refractivity contribution in [2.24, 2.45) is 0 Å². The summed E-state index contributed by atoms with van der Waals surface area (Å²) in [5.74, 6) is 0. The minimum absolute atomic E-state index is 1.06. The standard InChI is InChI=1S/C36H26/c1-19-11-25-13-23-17-30-24(18-29(23)35(25)31-15-21-7-3-5-9-27(21)33(19)31)14-26-12-20(2)34-28-10-6-4-8-22(28)16-32(34)36(26)30/h3-12,17-18H,13-16H2,1-2H3. The molecule has 5 aromatic rings. The van der Waals surface area contributed by atoms with Crippen molar-refractivity contribution in [1.29, 1.82) is 0 Å². The van der Waals surface area contributed by atoms with Crippen LogP contribution in [0.5, 0.6) is 0 Å². The first-order valence-corrected chi connectivity index (χ1v) is 13.3. The van der Waals surface area contributed by atoms with E-state index in [2.05, 4.69) is 86.6 Å². The molecule has 0 heteroatoms. The van der Waals surface area contributed by atoms with Crippen molar-refractivity contribution >= 4 is 0 Å². The number of fused-ring (bicyclic) bond motifs is 14. The van der Waals surface area contributed by atoms with E-state index < -0.39 is 0 Å². The lowest BCUT2D eigenvalue weighted by Gasteiger charge is -2.14. The Morgan fingerprint density at radius 2 is 0.833 bits per heavy atom. The van der Waals surface area contributed by atoms with Crippen LogP contribution in [0.1, 0.15) is 55.6 Å². The van der Waals surface area contributed by atoms with E-state index in [0.717, 1.165) is 25.7 Å². The molecule has 0 atom stereocenters. The summed E-state index contributed by atoms with van der Waals surface area (Å²) in [7, 11) is 0. The zero-order valence-electron chi connectivity index (χ0n) is 20.8. The molecule has 0 saturated heterocycles. The number of rotatable bonds is 0. The summed E-state index contributed by atoms with van der Waals surface area (Å²) in [6.45, 7) is 4.62. The third-order valence-corrected chi connectivity index (χ3v) is 9.36. The van der Waals surface area contributed by atoms with E-state index in [1.807, 2.05) is 0 Å². The summed E-state index contributed by atoms with van der Waals surface area (Å²) < 4.78 is 0. The molecule has 36 heavy (non-hydrogen) atoms. The van der Waals surface area contributed by atoms with E-state index in [9.17, 15) is 0 Å². The lowest BCUT2D eigenvalue weighted by Crippen LogP contribution is -1.93. The van der Waals surface area contributed by atoms with Gasteiger partial charge >= 0.3 is 0 Å². The van der Waals surface area contributed by atoms with Crippen molar-refractivity contribution in [2.75, 3.05) is 0 Å². The van der Waals surface area contributed by atoms with Gasteiger partial charge in [0.05, 0.1) is 0 Å². The summed E-state index contributed by atoms with van der Waals surface area (Å²) in [6.07, 6.45) is 4.26. The van der Waals surface area contributed by atoms with Gasteiger partial charge in [-0.1, -0.05) is 60.7 Å². The summed E-state index contributed by atoms with van der Waals surface area (Å²) in [5.41, 5.74) is 27.0. The summed E-state index contributed by atoms with van der Waals surface area (Å²) in [6, 6.07) is 28.1. The van der Waals surface area contributed by atoms with Gasteiger partial charge in [-0.3, -0.25) is 0 Å². The average molecular weight is 459 g/mol. The molecule has 0 N–H and O–H groups in total. The molecule has 0 unspecified atom stereocenters. The molecule has 0 fully saturated rings. The van der Waals surface area contributed by atoms with Gasteiger partial charge in [0.25, 0.3) is 0 Å². The predicted molar refractivity (Wildman–Crippen MR) is 149 cm³/mol. The van der Waals surface area contributed by atoms with Crippen LogP contribution in [0.4, 0.5) is 0 Å².